The predicted molar refractivity (Wildman–Crippen MR) is 134 cm³/mol. The van der Waals surface area contributed by atoms with E-state index in [2.05, 4.69) is 47.6 Å². The smallest absolute Gasteiger partial charge is 0.309 e. The molecule has 0 unspecified atom stereocenters. The topological polar surface area (TPSA) is 77.8 Å². The SMILES string of the molecule is CC1(C)[C@H](O)CC[C@]2(C)[C@H]3CC=C4[C@H]5C[C@@](C)(C(=O)O)C[C@H](O)[C@]5(C)CC[C@@]4(C)[C@]3(C)CC[C@@H]12. The molecular weight excluding hydrogens is 424 g/mol. The van der Waals surface area contributed by atoms with Gasteiger partial charge in [0.25, 0.3) is 0 Å². The molecule has 3 N–H and O–H groups in total. The first-order valence-corrected chi connectivity index (χ1v) is 13.9. The second kappa shape index (κ2) is 7.12. The summed E-state index contributed by atoms with van der Waals surface area (Å²) in [7, 11) is 0. The van der Waals surface area contributed by atoms with Crippen molar-refractivity contribution in [3.05, 3.63) is 11.6 Å². The van der Waals surface area contributed by atoms with E-state index in [1.54, 1.807) is 0 Å². The molecule has 192 valence electrons. The highest BCUT2D eigenvalue weighted by Gasteiger charge is 2.69. The maximum atomic E-state index is 12.3. The number of aliphatic hydroxyl groups excluding tert-OH is 2. The molecule has 5 rings (SSSR count). The molecule has 10 atom stereocenters. The summed E-state index contributed by atoms with van der Waals surface area (Å²) < 4.78 is 0. The largest absolute Gasteiger partial charge is 0.481 e. The van der Waals surface area contributed by atoms with Crippen LogP contribution in [0, 0.1) is 50.2 Å². The van der Waals surface area contributed by atoms with Gasteiger partial charge in [-0.3, -0.25) is 4.79 Å². The van der Waals surface area contributed by atoms with Crippen molar-refractivity contribution in [2.24, 2.45) is 50.2 Å². The van der Waals surface area contributed by atoms with Crippen molar-refractivity contribution in [2.45, 2.75) is 118 Å². The van der Waals surface area contributed by atoms with E-state index < -0.39 is 17.5 Å². The van der Waals surface area contributed by atoms with Crippen LogP contribution in [0.25, 0.3) is 0 Å². The Balaban J connectivity index is 1.59. The average molecular weight is 473 g/mol. The average Bonchev–Trinajstić information content (AvgIpc) is 2.73. The minimum atomic E-state index is -0.867. The molecule has 0 spiro atoms. The number of carboxylic acid groups (broad SMARTS) is 1. The number of aliphatic hydroxyl groups is 2. The van der Waals surface area contributed by atoms with Gasteiger partial charge in [0.2, 0.25) is 0 Å². The molecule has 0 aromatic carbocycles. The van der Waals surface area contributed by atoms with Crippen LogP contribution >= 0.6 is 0 Å². The Bertz CT molecular complexity index is 923. The van der Waals surface area contributed by atoms with Crippen LogP contribution in [0.4, 0.5) is 0 Å². The van der Waals surface area contributed by atoms with Crippen LogP contribution in [-0.2, 0) is 4.79 Å². The maximum Gasteiger partial charge on any atom is 0.309 e. The van der Waals surface area contributed by atoms with Gasteiger partial charge in [0.15, 0.2) is 0 Å². The highest BCUT2D eigenvalue weighted by molar-refractivity contribution is 5.74. The van der Waals surface area contributed by atoms with Gasteiger partial charge in [0, 0.05) is 5.41 Å². The third kappa shape index (κ3) is 2.82. The minimum Gasteiger partial charge on any atom is -0.481 e. The van der Waals surface area contributed by atoms with Crippen LogP contribution in [0.5, 0.6) is 0 Å². The summed E-state index contributed by atoms with van der Waals surface area (Å²) in [5, 5.41) is 32.2. The van der Waals surface area contributed by atoms with Gasteiger partial charge >= 0.3 is 5.97 Å². The Labute approximate surface area is 206 Å². The van der Waals surface area contributed by atoms with Gasteiger partial charge in [-0.15, -0.1) is 0 Å². The summed E-state index contributed by atoms with van der Waals surface area (Å²) in [5.41, 5.74) is 0.706. The van der Waals surface area contributed by atoms with E-state index in [1.807, 2.05) is 6.92 Å². The fourth-order valence-corrected chi connectivity index (χ4v) is 10.6. The van der Waals surface area contributed by atoms with Gasteiger partial charge in [-0.05, 0) is 104 Å². The monoisotopic (exact) mass is 472 g/mol. The third-order valence-corrected chi connectivity index (χ3v) is 13.4. The van der Waals surface area contributed by atoms with E-state index in [1.165, 1.54) is 12.0 Å². The Morgan fingerprint density at radius 3 is 2.15 bits per heavy atom. The Morgan fingerprint density at radius 2 is 1.50 bits per heavy atom. The Kier molecular flexibility index (Phi) is 5.20. The molecule has 5 aliphatic carbocycles. The number of carbonyl (C=O) groups is 1. The normalized spacial score (nSPS) is 56.3. The van der Waals surface area contributed by atoms with E-state index in [9.17, 15) is 20.1 Å². The molecule has 4 heteroatoms. The van der Waals surface area contributed by atoms with E-state index in [0.29, 0.717) is 24.7 Å². The summed E-state index contributed by atoms with van der Waals surface area (Å²) in [5.74, 6) is 0.463. The van der Waals surface area contributed by atoms with Crippen molar-refractivity contribution >= 4 is 5.97 Å². The predicted octanol–water partition coefficient (Wildman–Crippen LogP) is 6.20. The quantitative estimate of drug-likeness (QED) is 0.397. The lowest BCUT2D eigenvalue weighted by atomic mass is 9.33. The molecule has 0 amide bonds. The van der Waals surface area contributed by atoms with Crippen molar-refractivity contribution in [1.82, 2.24) is 0 Å². The van der Waals surface area contributed by atoms with Crippen LogP contribution in [-0.4, -0.2) is 33.5 Å². The molecule has 0 saturated heterocycles. The number of hydrogen-bond donors (Lipinski definition) is 3. The third-order valence-electron chi connectivity index (χ3n) is 13.4. The van der Waals surface area contributed by atoms with Crippen molar-refractivity contribution in [2.75, 3.05) is 0 Å². The molecule has 34 heavy (non-hydrogen) atoms. The van der Waals surface area contributed by atoms with E-state index in [4.69, 9.17) is 0 Å². The molecule has 0 bridgehead atoms. The van der Waals surface area contributed by atoms with E-state index in [0.717, 1.165) is 38.5 Å². The second-order valence-corrected chi connectivity index (χ2v) is 15.0. The van der Waals surface area contributed by atoms with Gasteiger partial charge < -0.3 is 15.3 Å². The first-order valence-electron chi connectivity index (χ1n) is 13.9. The summed E-state index contributed by atoms with van der Waals surface area (Å²) in [6.45, 7) is 16.2. The summed E-state index contributed by atoms with van der Waals surface area (Å²) in [6, 6.07) is 0. The zero-order valence-corrected chi connectivity index (χ0v) is 22.6. The van der Waals surface area contributed by atoms with Crippen LogP contribution in [0.15, 0.2) is 11.6 Å². The van der Waals surface area contributed by atoms with Gasteiger partial charge in [-0.1, -0.05) is 53.2 Å². The molecule has 0 aromatic heterocycles. The van der Waals surface area contributed by atoms with Crippen molar-refractivity contribution < 1.29 is 20.1 Å². The number of allylic oxidation sites excluding steroid dienone is 2. The van der Waals surface area contributed by atoms with Crippen molar-refractivity contribution in [1.29, 1.82) is 0 Å². The number of carboxylic acids is 1. The molecule has 4 fully saturated rings. The fourth-order valence-electron chi connectivity index (χ4n) is 10.6. The van der Waals surface area contributed by atoms with Crippen LogP contribution in [0.3, 0.4) is 0 Å². The standard InChI is InChI=1S/C30H48O4/c1-25(2)20-10-13-30(7)21(28(20,5)12-11-22(25)31)9-8-18-19-16-26(3,24(33)34)17-23(32)27(19,4)14-15-29(18,30)6/h8,19-23,31-32H,9-17H2,1-7H3,(H,33,34)/t19-,20+,21-,22-,23+,26-,27-,28+,29-,30-/m1/s1. The lowest BCUT2D eigenvalue weighted by Crippen LogP contribution is -2.65. The lowest BCUT2D eigenvalue weighted by molar-refractivity contribution is -0.208. The fraction of sp³-hybridized carbons (Fsp3) is 0.900. The Morgan fingerprint density at radius 1 is 0.824 bits per heavy atom. The number of rotatable bonds is 1. The van der Waals surface area contributed by atoms with Gasteiger partial charge in [0.1, 0.15) is 0 Å². The molecule has 0 radical (unpaired) electrons. The highest BCUT2D eigenvalue weighted by atomic mass is 16.4. The first-order chi connectivity index (χ1) is 15.6. The zero-order chi connectivity index (χ0) is 25.1. The highest BCUT2D eigenvalue weighted by Crippen LogP contribution is 2.75. The molecule has 0 aromatic rings. The summed E-state index contributed by atoms with van der Waals surface area (Å²) >= 11 is 0. The van der Waals surface area contributed by atoms with Crippen LogP contribution in [0.2, 0.25) is 0 Å². The van der Waals surface area contributed by atoms with Gasteiger partial charge in [0.05, 0.1) is 17.6 Å². The molecule has 5 aliphatic rings. The lowest BCUT2D eigenvalue weighted by Gasteiger charge is -2.71. The Hall–Kier alpha value is -0.870. The summed E-state index contributed by atoms with van der Waals surface area (Å²) in [4.78, 5) is 12.3. The van der Waals surface area contributed by atoms with E-state index in [-0.39, 0.29) is 39.1 Å². The number of aliphatic carboxylic acids is 1. The van der Waals surface area contributed by atoms with Crippen LogP contribution in [0.1, 0.15) is 106 Å². The molecule has 4 saturated carbocycles. The number of fused-ring (bicyclic) bond motifs is 7. The molecular formula is C30H48O4. The molecule has 0 aliphatic heterocycles. The maximum absolute atomic E-state index is 12.3. The zero-order valence-electron chi connectivity index (χ0n) is 22.6. The second-order valence-electron chi connectivity index (χ2n) is 15.0. The molecule has 0 heterocycles. The first kappa shape index (κ1) is 24.8. The van der Waals surface area contributed by atoms with Crippen molar-refractivity contribution in [3.63, 3.8) is 0 Å². The van der Waals surface area contributed by atoms with Gasteiger partial charge in [-0.2, -0.15) is 0 Å². The number of hydrogen-bond acceptors (Lipinski definition) is 3. The molecule has 4 nitrogen and oxygen atoms in total. The van der Waals surface area contributed by atoms with E-state index >= 15 is 0 Å². The van der Waals surface area contributed by atoms with Crippen LogP contribution < -0.4 is 0 Å². The summed E-state index contributed by atoms with van der Waals surface area (Å²) in [6.07, 6.45) is 10.1. The minimum absolute atomic E-state index is 0.0325. The van der Waals surface area contributed by atoms with Gasteiger partial charge in [-0.25, -0.2) is 0 Å². The van der Waals surface area contributed by atoms with Crippen molar-refractivity contribution in [3.8, 4) is 0 Å².